The van der Waals surface area contributed by atoms with Crippen molar-refractivity contribution in [1.29, 1.82) is 0 Å². The number of hydrogen-bond acceptors (Lipinski definition) is 3. The molecule has 1 aromatic carbocycles. The number of benzene rings is 1. The molecule has 4 nitrogen and oxygen atoms in total. The summed E-state index contributed by atoms with van der Waals surface area (Å²) in [6.45, 7) is 1.76. The first-order valence-electron chi connectivity index (χ1n) is 4.78. The van der Waals surface area contributed by atoms with Gasteiger partial charge in [-0.2, -0.15) is 0 Å². The van der Waals surface area contributed by atoms with E-state index in [1.165, 1.54) is 7.11 Å². The molecule has 0 saturated carbocycles. The molecule has 0 aliphatic rings. The Labute approximate surface area is 101 Å². The molecule has 1 aromatic rings. The molecule has 0 aliphatic heterocycles. The van der Waals surface area contributed by atoms with Gasteiger partial charge in [0.25, 0.3) is 0 Å². The molecule has 0 amide bonds. The number of ether oxygens (including phenoxy) is 1. The van der Waals surface area contributed by atoms with E-state index in [-0.39, 0.29) is 12.3 Å². The smallest absolute Gasteiger partial charge is 0.211 e. The lowest BCUT2D eigenvalue weighted by Crippen LogP contribution is -2.24. The molecule has 0 atom stereocenters. The lowest BCUT2D eigenvalue weighted by Gasteiger charge is -2.09. The minimum absolute atomic E-state index is 0.0515. The molecule has 0 fully saturated rings. The molecule has 1 N–H and O–H groups in total. The molecule has 16 heavy (non-hydrogen) atoms. The summed E-state index contributed by atoms with van der Waals surface area (Å²) in [5, 5.41) is 0.548. The lowest BCUT2D eigenvalue weighted by atomic mass is 10.2. The number of methoxy groups -OCH3 is 1. The summed E-state index contributed by atoms with van der Waals surface area (Å²) >= 11 is 5.82. The van der Waals surface area contributed by atoms with Crippen molar-refractivity contribution in [2.45, 2.75) is 13.5 Å². The Hall–Kier alpha value is -0.780. The van der Waals surface area contributed by atoms with Gasteiger partial charge in [-0.3, -0.25) is 0 Å². The van der Waals surface area contributed by atoms with E-state index >= 15 is 0 Å². The minimum Gasteiger partial charge on any atom is -0.496 e. The Morgan fingerprint density at radius 1 is 1.44 bits per heavy atom. The molecule has 0 aromatic heterocycles. The summed E-state index contributed by atoms with van der Waals surface area (Å²) in [4.78, 5) is 0. The highest BCUT2D eigenvalue weighted by Gasteiger charge is 2.09. The minimum atomic E-state index is -3.20. The van der Waals surface area contributed by atoms with E-state index in [4.69, 9.17) is 16.3 Å². The van der Waals surface area contributed by atoms with E-state index < -0.39 is 10.0 Å². The van der Waals surface area contributed by atoms with Gasteiger partial charge >= 0.3 is 0 Å². The third-order valence-corrected chi connectivity index (χ3v) is 3.68. The van der Waals surface area contributed by atoms with Crippen LogP contribution in [0.1, 0.15) is 12.5 Å². The largest absolute Gasteiger partial charge is 0.496 e. The Kier molecular flexibility index (Phi) is 4.58. The van der Waals surface area contributed by atoms with Crippen LogP contribution in [0.4, 0.5) is 0 Å². The summed E-state index contributed by atoms with van der Waals surface area (Å²) in [6, 6.07) is 5.08. The summed E-state index contributed by atoms with van der Waals surface area (Å²) in [7, 11) is -1.68. The molecule has 90 valence electrons. The second-order valence-electron chi connectivity index (χ2n) is 3.18. The third kappa shape index (κ3) is 3.66. The van der Waals surface area contributed by atoms with Gasteiger partial charge < -0.3 is 4.74 Å². The zero-order valence-corrected chi connectivity index (χ0v) is 10.7. The van der Waals surface area contributed by atoms with Crippen molar-refractivity contribution in [3.63, 3.8) is 0 Å². The first-order valence-corrected chi connectivity index (χ1v) is 6.81. The normalized spacial score (nSPS) is 11.4. The van der Waals surface area contributed by atoms with Crippen LogP contribution < -0.4 is 9.46 Å². The van der Waals surface area contributed by atoms with Crippen LogP contribution in [0.5, 0.6) is 5.75 Å². The highest BCUT2D eigenvalue weighted by molar-refractivity contribution is 7.89. The van der Waals surface area contributed by atoms with Gasteiger partial charge in [-0.25, -0.2) is 13.1 Å². The molecule has 6 heteroatoms. The van der Waals surface area contributed by atoms with Gasteiger partial charge in [0, 0.05) is 17.1 Å². The fraction of sp³-hybridized carbons (Fsp3) is 0.400. The zero-order valence-electron chi connectivity index (χ0n) is 9.16. The van der Waals surface area contributed by atoms with Gasteiger partial charge in [0.1, 0.15) is 5.75 Å². The van der Waals surface area contributed by atoms with Crippen LogP contribution in [0.15, 0.2) is 18.2 Å². The Morgan fingerprint density at radius 3 is 2.69 bits per heavy atom. The fourth-order valence-electron chi connectivity index (χ4n) is 1.18. The summed E-state index contributed by atoms with van der Waals surface area (Å²) < 4.78 is 30.1. The van der Waals surface area contributed by atoms with Crippen LogP contribution >= 0.6 is 11.6 Å². The monoisotopic (exact) mass is 263 g/mol. The van der Waals surface area contributed by atoms with Crippen molar-refractivity contribution in [2.24, 2.45) is 0 Å². The highest BCUT2D eigenvalue weighted by atomic mass is 35.5. The maximum absolute atomic E-state index is 11.3. The summed E-state index contributed by atoms with van der Waals surface area (Å²) in [5.74, 6) is 0.666. The second kappa shape index (κ2) is 5.52. The van der Waals surface area contributed by atoms with E-state index in [2.05, 4.69) is 4.72 Å². The van der Waals surface area contributed by atoms with Crippen molar-refractivity contribution < 1.29 is 13.2 Å². The zero-order chi connectivity index (χ0) is 12.2. The Morgan fingerprint density at radius 2 is 2.12 bits per heavy atom. The number of hydrogen-bond donors (Lipinski definition) is 1. The van der Waals surface area contributed by atoms with Crippen molar-refractivity contribution >= 4 is 21.6 Å². The standard InChI is InChI=1S/C10H14ClNO3S/c1-3-16(13,14)12-7-8-6-9(11)4-5-10(8)15-2/h4-6,12H,3,7H2,1-2H3. The lowest BCUT2D eigenvalue weighted by molar-refractivity contribution is 0.409. The van der Waals surface area contributed by atoms with E-state index in [0.29, 0.717) is 16.3 Å². The average molecular weight is 264 g/mol. The molecule has 0 unspecified atom stereocenters. The molecular weight excluding hydrogens is 250 g/mol. The fourth-order valence-corrected chi connectivity index (χ4v) is 1.95. The number of rotatable bonds is 5. The van der Waals surface area contributed by atoms with Crippen LogP contribution in [0.25, 0.3) is 0 Å². The van der Waals surface area contributed by atoms with Gasteiger partial charge in [-0.05, 0) is 25.1 Å². The second-order valence-corrected chi connectivity index (χ2v) is 5.71. The molecule has 1 rings (SSSR count). The highest BCUT2D eigenvalue weighted by Crippen LogP contribution is 2.22. The van der Waals surface area contributed by atoms with Crippen LogP contribution in [0, 0.1) is 0 Å². The molecule has 0 heterocycles. The van der Waals surface area contributed by atoms with E-state index in [0.717, 1.165) is 0 Å². The molecular formula is C10H14ClNO3S. The maximum Gasteiger partial charge on any atom is 0.211 e. The van der Waals surface area contributed by atoms with Crippen LogP contribution in [-0.2, 0) is 16.6 Å². The van der Waals surface area contributed by atoms with E-state index in [9.17, 15) is 8.42 Å². The molecule has 0 saturated heterocycles. The van der Waals surface area contributed by atoms with Crippen LogP contribution in [0.3, 0.4) is 0 Å². The summed E-state index contributed by atoms with van der Waals surface area (Å²) in [5.41, 5.74) is 0.715. The van der Waals surface area contributed by atoms with E-state index in [1.54, 1.807) is 25.1 Å². The first-order chi connectivity index (χ1) is 7.48. The van der Waals surface area contributed by atoms with Gasteiger partial charge in [0.15, 0.2) is 0 Å². The van der Waals surface area contributed by atoms with Gasteiger partial charge in [-0.1, -0.05) is 11.6 Å². The Bertz CT molecular complexity index is 459. The average Bonchev–Trinajstić information content (AvgIpc) is 2.27. The molecule has 0 spiro atoms. The van der Waals surface area contributed by atoms with Crippen molar-refractivity contribution in [3.8, 4) is 5.75 Å². The molecule has 0 aliphatic carbocycles. The van der Waals surface area contributed by atoms with Crippen molar-refractivity contribution in [1.82, 2.24) is 4.72 Å². The predicted octanol–water partition coefficient (Wildman–Crippen LogP) is 1.79. The van der Waals surface area contributed by atoms with Gasteiger partial charge in [0.2, 0.25) is 10.0 Å². The van der Waals surface area contributed by atoms with Crippen molar-refractivity contribution in [3.05, 3.63) is 28.8 Å². The maximum atomic E-state index is 11.3. The first kappa shape index (κ1) is 13.3. The van der Waals surface area contributed by atoms with Gasteiger partial charge in [-0.15, -0.1) is 0 Å². The predicted molar refractivity (Wildman–Crippen MR) is 64.3 cm³/mol. The van der Waals surface area contributed by atoms with E-state index in [1.807, 2.05) is 0 Å². The van der Waals surface area contributed by atoms with Crippen LogP contribution in [-0.4, -0.2) is 21.3 Å². The third-order valence-electron chi connectivity index (χ3n) is 2.11. The van der Waals surface area contributed by atoms with Crippen molar-refractivity contribution in [2.75, 3.05) is 12.9 Å². The number of sulfonamides is 1. The number of halogens is 1. The Balaban J connectivity index is 2.84. The molecule has 0 radical (unpaired) electrons. The summed E-state index contributed by atoms with van der Waals surface area (Å²) in [6.07, 6.45) is 0. The van der Waals surface area contributed by atoms with Gasteiger partial charge in [0.05, 0.1) is 12.9 Å². The number of nitrogens with one attached hydrogen (secondary N) is 1. The SMILES string of the molecule is CCS(=O)(=O)NCc1cc(Cl)ccc1OC. The molecule has 0 bridgehead atoms. The topological polar surface area (TPSA) is 55.4 Å². The van der Waals surface area contributed by atoms with Crippen LogP contribution in [0.2, 0.25) is 5.02 Å². The quantitative estimate of drug-likeness (QED) is 0.881.